The van der Waals surface area contributed by atoms with E-state index >= 15 is 0 Å². The van der Waals surface area contributed by atoms with E-state index in [-0.39, 0.29) is 12.1 Å². The molecule has 0 aromatic heterocycles. The van der Waals surface area contributed by atoms with Crippen molar-refractivity contribution < 1.29 is 0 Å². The van der Waals surface area contributed by atoms with Gasteiger partial charge in [0.25, 0.3) is 0 Å². The number of hydrogen-bond donors (Lipinski definition) is 0. The van der Waals surface area contributed by atoms with Gasteiger partial charge in [0.05, 0.1) is 12.1 Å². The smallest absolute Gasteiger partial charge is 0.172 e. The Kier molecular flexibility index (Phi) is 5.21. The molecule has 0 saturated carbocycles. The summed E-state index contributed by atoms with van der Waals surface area (Å²) in [5, 5.41) is 0. The maximum atomic E-state index is 5.17. The van der Waals surface area contributed by atoms with Crippen molar-refractivity contribution in [2.75, 3.05) is 22.9 Å². The summed E-state index contributed by atoms with van der Waals surface area (Å²) in [6.45, 7) is 10.8. The van der Waals surface area contributed by atoms with Gasteiger partial charge in [-0.05, 0) is 36.1 Å². The minimum Gasteiger partial charge on any atom is -0.321 e. The van der Waals surface area contributed by atoms with Crippen molar-refractivity contribution in [3.63, 3.8) is 0 Å². The fraction of sp³-hybridized carbons (Fsp3) is 0.417. The van der Waals surface area contributed by atoms with Crippen molar-refractivity contribution in [2.45, 2.75) is 39.8 Å². The lowest BCUT2D eigenvalue weighted by molar-refractivity contribution is 0.521. The highest BCUT2D eigenvalue weighted by molar-refractivity contribution is 6.50. The first-order chi connectivity index (χ1) is 13.5. The Labute approximate surface area is 168 Å². The zero-order valence-corrected chi connectivity index (χ0v) is 17.3. The van der Waals surface area contributed by atoms with Crippen molar-refractivity contribution in [3.8, 4) is 0 Å². The van der Waals surface area contributed by atoms with Gasteiger partial charge in [0, 0.05) is 24.5 Å². The highest BCUT2D eigenvalue weighted by atomic mass is 15.4. The highest BCUT2D eigenvalue weighted by Crippen LogP contribution is 2.29. The topological polar surface area (TPSA) is 31.2 Å². The fourth-order valence-corrected chi connectivity index (χ4v) is 3.83. The predicted octanol–water partition coefficient (Wildman–Crippen LogP) is 4.87. The van der Waals surface area contributed by atoms with Crippen LogP contribution in [0.3, 0.4) is 0 Å². The average molecular weight is 375 g/mol. The number of nitrogens with zero attached hydrogens (tertiary/aromatic N) is 4. The second-order valence-electron chi connectivity index (χ2n) is 8.42. The van der Waals surface area contributed by atoms with Gasteiger partial charge in [-0.3, -0.25) is 9.98 Å². The number of rotatable bonds is 5. The van der Waals surface area contributed by atoms with E-state index in [1.54, 1.807) is 0 Å². The van der Waals surface area contributed by atoms with Crippen molar-refractivity contribution in [2.24, 2.45) is 21.8 Å². The second-order valence-corrected chi connectivity index (χ2v) is 8.42. The Morgan fingerprint density at radius 1 is 0.643 bits per heavy atom. The van der Waals surface area contributed by atoms with Crippen LogP contribution in [0.15, 0.2) is 70.6 Å². The van der Waals surface area contributed by atoms with E-state index < -0.39 is 0 Å². The fourth-order valence-electron chi connectivity index (χ4n) is 3.83. The van der Waals surface area contributed by atoms with E-state index in [0.29, 0.717) is 11.8 Å². The van der Waals surface area contributed by atoms with E-state index in [9.17, 15) is 0 Å². The number of hydrogen-bond acceptors (Lipinski definition) is 4. The van der Waals surface area contributed by atoms with Gasteiger partial charge in [0.2, 0.25) is 0 Å². The lowest BCUT2D eigenvalue weighted by Crippen LogP contribution is -2.42. The number of aliphatic imine (C=N–C) groups is 2. The maximum Gasteiger partial charge on any atom is 0.172 e. The van der Waals surface area contributed by atoms with Gasteiger partial charge >= 0.3 is 0 Å². The van der Waals surface area contributed by atoms with Gasteiger partial charge < -0.3 is 9.80 Å². The van der Waals surface area contributed by atoms with Crippen LogP contribution >= 0.6 is 0 Å². The molecule has 0 N–H and O–H groups in total. The summed E-state index contributed by atoms with van der Waals surface area (Å²) in [6, 6.07) is 21.7. The molecule has 0 fully saturated rings. The number of para-hydroxylation sites is 2. The standard InChI is InChI=1S/C24H30N4/c1-17(2)21-15-27(19-11-7-5-8-12-19)23(25-21)24-26-22(18(3)4)16-28(24)20-13-9-6-10-14-20/h5-14,17-18,21-22H,15-16H2,1-4H3/t21-,22+. The molecule has 2 aliphatic heterocycles. The molecule has 0 radical (unpaired) electrons. The molecule has 2 aromatic rings. The molecule has 2 aromatic carbocycles. The van der Waals surface area contributed by atoms with E-state index in [0.717, 1.165) is 24.8 Å². The van der Waals surface area contributed by atoms with Crippen molar-refractivity contribution in [3.05, 3.63) is 60.7 Å². The van der Waals surface area contributed by atoms with Crippen molar-refractivity contribution in [1.82, 2.24) is 0 Å². The van der Waals surface area contributed by atoms with Crippen molar-refractivity contribution >= 4 is 23.0 Å². The normalized spacial score (nSPS) is 22.2. The highest BCUT2D eigenvalue weighted by Gasteiger charge is 2.38. The molecule has 0 unspecified atom stereocenters. The summed E-state index contributed by atoms with van der Waals surface area (Å²) >= 11 is 0. The van der Waals surface area contributed by atoms with Crippen LogP contribution < -0.4 is 9.80 Å². The molecule has 0 amide bonds. The first-order valence-corrected chi connectivity index (χ1v) is 10.4. The first-order valence-electron chi connectivity index (χ1n) is 10.4. The Hall–Kier alpha value is -2.62. The Morgan fingerprint density at radius 2 is 1.00 bits per heavy atom. The summed E-state index contributed by atoms with van der Waals surface area (Å²) in [5.74, 6) is 3.02. The molecule has 0 spiro atoms. The Morgan fingerprint density at radius 3 is 1.32 bits per heavy atom. The molecule has 2 heterocycles. The number of anilines is 2. The van der Waals surface area contributed by atoms with Crippen LogP contribution in [0.25, 0.3) is 0 Å². The predicted molar refractivity (Wildman–Crippen MR) is 120 cm³/mol. The van der Waals surface area contributed by atoms with Gasteiger partial charge in [-0.1, -0.05) is 64.1 Å². The van der Waals surface area contributed by atoms with Crippen LogP contribution in [0, 0.1) is 11.8 Å². The van der Waals surface area contributed by atoms with Gasteiger partial charge in [-0.15, -0.1) is 0 Å². The summed E-state index contributed by atoms with van der Waals surface area (Å²) in [5.41, 5.74) is 2.38. The summed E-state index contributed by atoms with van der Waals surface area (Å²) in [7, 11) is 0. The van der Waals surface area contributed by atoms with E-state index in [1.165, 1.54) is 11.4 Å². The van der Waals surface area contributed by atoms with Crippen LogP contribution in [-0.2, 0) is 0 Å². The minimum atomic E-state index is 0.286. The Balaban J connectivity index is 1.77. The molecule has 28 heavy (non-hydrogen) atoms. The van der Waals surface area contributed by atoms with Crippen LogP contribution in [0.2, 0.25) is 0 Å². The molecule has 0 aliphatic carbocycles. The molecule has 146 valence electrons. The Bertz CT molecular complexity index is 781. The minimum absolute atomic E-state index is 0.286. The lowest BCUT2D eigenvalue weighted by Gasteiger charge is -2.26. The van der Waals surface area contributed by atoms with Crippen LogP contribution in [0.4, 0.5) is 11.4 Å². The van der Waals surface area contributed by atoms with E-state index in [4.69, 9.17) is 9.98 Å². The molecular formula is C24H30N4. The molecule has 0 saturated heterocycles. The molecule has 2 atom stereocenters. The van der Waals surface area contributed by atoms with Gasteiger partial charge in [0.15, 0.2) is 11.7 Å². The molecule has 4 heteroatoms. The zero-order chi connectivity index (χ0) is 19.7. The molecule has 2 aliphatic rings. The van der Waals surface area contributed by atoms with Crippen molar-refractivity contribution in [1.29, 1.82) is 0 Å². The zero-order valence-electron chi connectivity index (χ0n) is 17.3. The monoisotopic (exact) mass is 374 g/mol. The van der Waals surface area contributed by atoms with Crippen LogP contribution in [-0.4, -0.2) is 36.8 Å². The summed E-state index contributed by atoms with van der Waals surface area (Å²) in [4.78, 5) is 15.0. The van der Waals surface area contributed by atoms with E-state index in [1.807, 2.05) is 0 Å². The third-order valence-corrected chi connectivity index (χ3v) is 5.70. The quantitative estimate of drug-likeness (QED) is 0.747. The van der Waals surface area contributed by atoms with Gasteiger partial charge in [0.1, 0.15) is 0 Å². The number of benzene rings is 2. The molecule has 4 rings (SSSR count). The SMILES string of the molecule is CC(C)[C@@H]1CN(c2ccccc2)C(C2=N[C@@H](C(C)C)CN2c2ccccc2)=N1. The summed E-state index contributed by atoms with van der Waals surface area (Å²) in [6.07, 6.45) is 0. The second kappa shape index (κ2) is 7.78. The van der Waals surface area contributed by atoms with Gasteiger partial charge in [-0.25, -0.2) is 0 Å². The van der Waals surface area contributed by atoms with E-state index in [2.05, 4.69) is 98.2 Å². The first kappa shape index (κ1) is 18.7. The summed E-state index contributed by atoms with van der Waals surface area (Å²) < 4.78 is 0. The molecule has 4 nitrogen and oxygen atoms in total. The average Bonchev–Trinajstić information content (AvgIpc) is 3.34. The molecular weight excluding hydrogens is 344 g/mol. The third-order valence-electron chi connectivity index (χ3n) is 5.70. The lowest BCUT2D eigenvalue weighted by atomic mass is 10.1. The van der Waals surface area contributed by atoms with Crippen LogP contribution in [0.5, 0.6) is 0 Å². The third kappa shape index (κ3) is 3.56. The number of amidine groups is 2. The molecule has 0 bridgehead atoms. The van der Waals surface area contributed by atoms with Gasteiger partial charge in [-0.2, -0.15) is 0 Å². The maximum absolute atomic E-state index is 5.17. The largest absolute Gasteiger partial charge is 0.321 e. The van der Waals surface area contributed by atoms with Crippen LogP contribution in [0.1, 0.15) is 27.7 Å².